The molecule has 0 atom stereocenters. The smallest absolute Gasteiger partial charge is 0.356 e. The number of carboxylic acid groups (broad SMARTS) is 1. The summed E-state index contributed by atoms with van der Waals surface area (Å²) in [7, 11) is 0. The minimum Gasteiger partial charge on any atom is -0.476 e. The summed E-state index contributed by atoms with van der Waals surface area (Å²) in [4.78, 5) is 13.1. The van der Waals surface area contributed by atoms with E-state index in [-0.39, 0.29) is 5.69 Å². The number of H-pyrrole nitrogens is 1. The summed E-state index contributed by atoms with van der Waals surface area (Å²) in [6, 6.07) is 10.1. The first-order valence-electron chi connectivity index (χ1n) is 6.29. The first kappa shape index (κ1) is 11.9. The number of aromatic nitrogens is 2. The van der Waals surface area contributed by atoms with Gasteiger partial charge in [-0.1, -0.05) is 24.3 Å². The van der Waals surface area contributed by atoms with Gasteiger partial charge in [-0.3, -0.25) is 10.00 Å². The number of carbonyl (C=O) groups is 1. The fraction of sp³-hybridized carbons (Fsp3) is 0.286. The second kappa shape index (κ2) is 4.85. The van der Waals surface area contributed by atoms with E-state index in [4.69, 9.17) is 5.11 Å². The van der Waals surface area contributed by atoms with E-state index in [0.717, 1.165) is 25.2 Å². The zero-order valence-corrected chi connectivity index (χ0v) is 10.5. The Morgan fingerprint density at radius 1 is 1.37 bits per heavy atom. The van der Waals surface area contributed by atoms with Crippen LogP contribution < -0.4 is 0 Å². The van der Waals surface area contributed by atoms with Crippen LogP contribution in [0.2, 0.25) is 0 Å². The largest absolute Gasteiger partial charge is 0.476 e. The molecular formula is C14H15N3O2. The number of nitrogens with one attached hydrogen (secondary N) is 1. The van der Waals surface area contributed by atoms with Gasteiger partial charge in [0.15, 0.2) is 5.69 Å². The average Bonchev–Trinajstić information content (AvgIpc) is 2.87. The van der Waals surface area contributed by atoms with Gasteiger partial charge in [0.2, 0.25) is 0 Å². The van der Waals surface area contributed by atoms with Gasteiger partial charge >= 0.3 is 5.97 Å². The second-order valence-electron chi connectivity index (χ2n) is 4.81. The molecule has 5 heteroatoms. The van der Waals surface area contributed by atoms with E-state index in [1.54, 1.807) is 6.07 Å². The van der Waals surface area contributed by atoms with Crippen molar-refractivity contribution >= 4 is 5.97 Å². The molecule has 1 aliphatic heterocycles. The highest BCUT2D eigenvalue weighted by Gasteiger charge is 2.17. The summed E-state index contributed by atoms with van der Waals surface area (Å²) in [5, 5.41) is 15.4. The number of hydrogen-bond donors (Lipinski definition) is 2. The highest BCUT2D eigenvalue weighted by molar-refractivity contribution is 5.85. The van der Waals surface area contributed by atoms with E-state index in [1.165, 1.54) is 11.1 Å². The molecule has 0 amide bonds. The molecule has 0 fully saturated rings. The summed E-state index contributed by atoms with van der Waals surface area (Å²) in [5.74, 6) is -0.994. The molecule has 2 N–H and O–H groups in total. The number of nitrogens with zero attached hydrogens (tertiary/aromatic N) is 2. The Labute approximate surface area is 110 Å². The molecule has 0 bridgehead atoms. The molecule has 0 aliphatic carbocycles. The van der Waals surface area contributed by atoms with Crippen molar-refractivity contribution in [1.29, 1.82) is 0 Å². The van der Waals surface area contributed by atoms with E-state index in [0.29, 0.717) is 6.54 Å². The summed E-state index contributed by atoms with van der Waals surface area (Å²) in [5.41, 5.74) is 3.69. The lowest BCUT2D eigenvalue weighted by Gasteiger charge is -2.28. The maximum absolute atomic E-state index is 10.8. The Kier molecular flexibility index (Phi) is 3.05. The quantitative estimate of drug-likeness (QED) is 0.877. The van der Waals surface area contributed by atoms with Gasteiger partial charge in [0, 0.05) is 19.6 Å². The zero-order valence-electron chi connectivity index (χ0n) is 10.5. The van der Waals surface area contributed by atoms with Crippen LogP contribution in [0.15, 0.2) is 30.3 Å². The Morgan fingerprint density at radius 2 is 2.16 bits per heavy atom. The first-order valence-corrected chi connectivity index (χ1v) is 6.29. The normalized spacial score (nSPS) is 15.2. The average molecular weight is 257 g/mol. The van der Waals surface area contributed by atoms with Gasteiger partial charge in [0.25, 0.3) is 0 Å². The van der Waals surface area contributed by atoms with Gasteiger partial charge in [0.05, 0.1) is 5.69 Å². The fourth-order valence-corrected chi connectivity index (χ4v) is 2.48. The highest BCUT2D eigenvalue weighted by atomic mass is 16.4. The standard InChI is InChI=1S/C14H15N3O2/c18-14(19)13-7-12(15-16-13)9-17-6-5-10-3-1-2-4-11(10)8-17/h1-4,7H,5-6,8-9H2,(H,15,16)(H,18,19). The van der Waals surface area contributed by atoms with Gasteiger partial charge in [-0.25, -0.2) is 4.79 Å². The summed E-state index contributed by atoms with van der Waals surface area (Å²) >= 11 is 0. The predicted molar refractivity (Wildman–Crippen MR) is 69.8 cm³/mol. The van der Waals surface area contributed by atoms with Crippen molar-refractivity contribution in [2.45, 2.75) is 19.5 Å². The lowest BCUT2D eigenvalue weighted by atomic mass is 10.00. The number of fused-ring (bicyclic) bond motifs is 1. The number of rotatable bonds is 3. The minimum absolute atomic E-state index is 0.0763. The molecule has 98 valence electrons. The van der Waals surface area contributed by atoms with Gasteiger partial charge in [-0.05, 0) is 23.6 Å². The Morgan fingerprint density at radius 3 is 2.89 bits per heavy atom. The van der Waals surface area contributed by atoms with Crippen molar-refractivity contribution in [2.75, 3.05) is 6.54 Å². The van der Waals surface area contributed by atoms with Crippen molar-refractivity contribution in [3.63, 3.8) is 0 Å². The van der Waals surface area contributed by atoms with E-state index in [9.17, 15) is 4.79 Å². The van der Waals surface area contributed by atoms with Gasteiger partial charge in [-0.2, -0.15) is 5.10 Å². The molecular weight excluding hydrogens is 242 g/mol. The molecule has 0 spiro atoms. The molecule has 3 rings (SSSR count). The van der Waals surface area contributed by atoms with Gasteiger partial charge in [-0.15, -0.1) is 0 Å². The summed E-state index contributed by atoms with van der Waals surface area (Å²) in [6.07, 6.45) is 1.04. The number of aromatic carboxylic acids is 1. The van der Waals surface area contributed by atoms with E-state index in [1.807, 2.05) is 0 Å². The molecule has 0 saturated carbocycles. The fourth-order valence-electron chi connectivity index (χ4n) is 2.48. The maximum atomic E-state index is 10.8. The topological polar surface area (TPSA) is 69.2 Å². The molecule has 0 unspecified atom stereocenters. The maximum Gasteiger partial charge on any atom is 0.356 e. The molecule has 0 saturated heterocycles. The van der Waals surface area contributed by atoms with Crippen molar-refractivity contribution in [3.8, 4) is 0 Å². The Hall–Kier alpha value is -2.14. The van der Waals surface area contributed by atoms with Gasteiger partial charge < -0.3 is 5.11 Å². The van der Waals surface area contributed by atoms with E-state index >= 15 is 0 Å². The second-order valence-corrected chi connectivity index (χ2v) is 4.81. The van der Waals surface area contributed by atoms with Crippen LogP contribution in [0.25, 0.3) is 0 Å². The highest BCUT2D eigenvalue weighted by Crippen LogP contribution is 2.19. The van der Waals surface area contributed by atoms with Crippen LogP contribution >= 0.6 is 0 Å². The van der Waals surface area contributed by atoms with Crippen molar-refractivity contribution < 1.29 is 9.90 Å². The van der Waals surface area contributed by atoms with Crippen LogP contribution in [0, 0.1) is 0 Å². The SMILES string of the molecule is O=C(O)c1cc(CN2CCc3ccccc3C2)[nH]n1. The predicted octanol–water partition coefficient (Wildman–Crippen LogP) is 1.67. The molecule has 2 heterocycles. The van der Waals surface area contributed by atoms with E-state index < -0.39 is 5.97 Å². The first-order chi connectivity index (χ1) is 9.22. The van der Waals surface area contributed by atoms with Crippen molar-refractivity contribution in [1.82, 2.24) is 15.1 Å². The van der Waals surface area contributed by atoms with Crippen LogP contribution in [-0.2, 0) is 19.5 Å². The van der Waals surface area contributed by atoms with Crippen molar-refractivity contribution in [3.05, 3.63) is 52.8 Å². The molecule has 19 heavy (non-hydrogen) atoms. The van der Waals surface area contributed by atoms with Crippen LogP contribution in [0.1, 0.15) is 27.3 Å². The third-order valence-corrected chi connectivity index (χ3v) is 3.45. The van der Waals surface area contributed by atoms with Crippen molar-refractivity contribution in [2.24, 2.45) is 0 Å². The lowest BCUT2D eigenvalue weighted by Crippen LogP contribution is -2.30. The van der Waals surface area contributed by atoms with E-state index in [2.05, 4.69) is 39.4 Å². The summed E-state index contributed by atoms with van der Waals surface area (Å²) in [6.45, 7) is 2.59. The number of carboxylic acids is 1. The Bertz CT molecular complexity index is 606. The minimum atomic E-state index is -0.994. The van der Waals surface area contributed by atoms with Gasteiger partial charge in [0.1, 0.15) is 0 Å². The number of aromatic amines is 1. The lowest BCUT2D eigenvalue weighted by molar-refractivity contribution is 0.0690. The molecule has 1 aromatic carbocycles. The molecule has 0 radical (unpaired) electrons. The molecule has 1 aliphatic rings. The number of benzene rings is 1. The third kappa shape index (κ3) is 2.51. The molecule has 2 aromatic rings. The molecule has 1 aromatic heterocycles. The van der Waals surface area contributed by atoms with Crippen LogP contribution in [0.5, 0.6) is 0 Å². The Balaban J connectivity index is 1.70. The zero-order chi connectivity index (χ0) is 13.2. The third-order valence-electron chi connectivity index (χ3n) is 3.45. The number of hydrogen-bond acceptors (Lipinski definition) is 3. The summed E-state index contributed by atoms with van der Waals surface area (Å²) < 4.78 is 0. The molecule has 5 nitrogen and oxygen atoms in total. The monoisotopic (exact) mass is 257 g/mol. The van der Waals surface area contributed by atoms with Crippen LogP contribution in [-0.4, -0.2) is 32.7 Å². The van der Waals surface area contributed by atoms with Crippen LogP contribution in [0.3, 0.4) is 0 Å². The van der Waals surface area contributed by atoms with Crippen LogP contribution in [0.4, 0.5) is 0 Å².